The van der Waals surface area contributed by atoms with Crippen molar-refractivity contribution in [2.24, 2.45) is 0 Å². The van der Waals surface area contributed by atoms with Gasteiger partial charge in [0, 0.05) is 32.7 Å². The first kappa shape index (κ1) is 13.1. The zero-order valence-electron chi connectivity index (χ0n) is 10.8. The molecule has 1 fully saturated rings. The van der Waals surface area contributed by atoms with Crippen LogP contribution in [0.4, 0.5) is 0 Å². The Morgan fingerprint density at radius 2 is 1.78 bits per heavy atom. The number of fused-ring (bicyclic) bond motifs is 1. The van der Waals surface area contributed by atoms with Crippen LogP contribution < -0.4 is 5.32 Å². The molecule has 0 aromatic rings. The summed E-state index contributed by atoms with van der Waals surface area (Å²) in [7, 11) is 1.43. The molecule has 0 spiro atoms. The smallest absolute Gasteiger partial charge is 0.306 e. The van der Waals surface area contributed by atoms with Gasteiger partial charge in [0.25, 0.3) is 0 Å². The van der Waals surface area contributed by atoms with Gasteiger partial charge in [-0.3, -0.25) is 4.79 Å². The van der Waals surface area contributed by atoms with Gasteiger partial charge in [0.1, 0.15) is 0 Å². The number of ether oxygens (including phenoxy) is 1. The molecule has 0 atom stereocenters. The minimum Gasteiger partial charge on any atom is -0.469 e. The van der Waals surface area contributed by atoms with Crippen LogP contribution >= 0.6 is 0 Å². The Morgan fingerprint density at radius 1 is 1.22 bits per heavy atom. The fourth-order valence-corrected chi connectivity index (χ4v) is 1.95. The molecule has 1 aliphatic heterocycles. The number of carbonyl (C=O) groups is 1. The van der Waals surface area contributed by atoms with E-state index in [1.807, 2.05) is 0 Å². The van der Waals surface area contributed by atoms with E-state index < -0.39 is 0 Å². The molecular weight excluding hydrogens is 228 g/mol. The second-order valence-corrected chi connectivity index (χ2v) is 4.50. The number of hydrogen-bond donors (Lipinski definition) is 1. The zero-order valence-corrected chi connectivity index (χ0v) is 10.8. The topological polar surface area (TPSA) is 41.6 Å². The molecule has 0 bridgehead atoms. The highest BCUT2D eigenvalue weighted by Gasteiger charge is 2.10. The third-order valence-electron chi connectivity index (χ3n) is 3.29. The van der Waals surface area contributed by atoms with Crippen LogP contribution in [0.3, 0.4) is 0 Å². The molecule has 0 aromatic heterocycles. The molecule has 18 heavy (non-hydrogen) atoms. The van der Waals surface area contributed by atoms with E-state index in [1.54, 1.807) is 0 Å². The van der Waals surface area contributed by atoms with Gasteiger partial charge < -0.3 is 15.0 Å². The lowest BCUT2D eigenvalue weighted by Gasteiger charge is -2.26. The molecule has 4 nitrogen and oxygen atoms in total. The molecule has 0 amide bonds. The van der Waals surface area contributed by atoms with E-state index in [2.05, 4.69) is 39.2 Å². The van der Waals surface area contributed by atoms with Crippen molar-refractivity contribution in [3.8, 4) is 11.1 Å². The minimum absolute atomic E-state index is 0.117. The molecule has 1 saturated heterocycles. The maximum Gasteiger partial charge on any atom is 0.306 e. The van der Waals surface area contributed by atoms with Gasteiger partial charge >= 0.3 is 5.97 Å². The molecule has 98 valence electrons. The van der Waals surface area contributed by atoms with Crippen molar-refractivity contribution in [3.05, 3.63) is 24.3 Å². The first-order valence-electron chi connectivity index (χ1n) is 6.40. The van der Waals surface area contributed by atoms with Gasteiger partial charge in [-0.1, -0.05) is 24.3 Å². The van der Waals surface area contributed by atoms with Crippen molar-refractivity contribution in [1.29, 1.82) is 0 Å². The molecule has 4 heteroatoms. The summed E-state index contributed by atoms with van der Waals surface area (Å²) in [6, 6.07) is 8.48. The Labute approximate surface area is 108 Å². The van der Waals surface area contributed by atoms with Crippen LogP contribution in [0.2, 0.25) is 0 Å². The first-order valence-corrected chi connectivity index (χ1v) is 6.40. The summed E-state index contributed by atoms with van der Waals surface area (Å²) in [6.45, 7) is 4.96. The lowest BCUT2D eigenvalue weighted by Crippen LogP contribution is -2.44. The Morgan fingerprint density at radius 3 is 2.17 bits per heavy atom. The maximum absolute atomic E-state index is 10.8. The quantitative estimate of drug-likeness (QED) is 0.827. The van der Waals surface area contributed by atoms with E-state index in [9.17, 15) is 4.79 Å². The van der Waals surface area contributed by atoms with Crippen LogP contribution in [-0.4, -0.2) is 50.7 Å². The van der Waals surface area contributed by atoms with Crippen molar-refractivity contribution in [3.63, 3.8) is 0 Å². The average molecular weight is 248 g/mol. The van der Waals surface area contributed by atoms with Gasteiger partial charge in [-0.25, -0.2) is 0 Å². The molecular formula is C14H20N2O2. The van der Waals surface area contributed by atoms with Gasteiger partial charge in [-0.05, 0) is 11.1 Å². The predicted octanol–water partition coefficient (Wildman–Crippen LogP) is 1.12. The molecule has 0 radical (unpaired) electrons. The van der Waals surface area contributed by atoms with Crippen LogP contribution in [0.1, 0.15) is 6.42 Å². The Bertz CT molecular complexity index is 362. The fraction of sp³-hybridized carbons (Fsp3) is 0.500. The molecule has 3 aliphatic rings. The summed E-state index contributed by atoms with van der Waals surface area (Å²) >= 11 is 0. The summed E-state index contributed by atoms with van der Waals surface area (Å²) in [5.41, 5.74) is 2.85. The van der Waals surface area contributed by atoms with Gasteiger partial charge in [0.15, 0.2) is 0 Å². The fourth-order valence-electron chi connectivity index (χ4n) is 1.95. The number of carbonyl (C=O) groups excluding carboxylic acids is 1. The van der Waals surface area contributed by atoms with Crippen molar-refractivity contribution in [2.45, 2.75) is 6.42 Å². The van der Waals surface area contributed by atoms with Gasteiger partial charge in [-0.2, -0.15) is 0 Å². The molecule has 0 unspecified atom stereocenters. The standard InChI is InChI=1S/C8H16N2O2.C6H4/c1-12-8(11)2-5-10-6-3-9-4-7-10;1-2-6-4-3-5(1)6/h9H,2-7H2,1H3;1-4H. The summed E-state index contributed by atoms with van der Waals surface area (Å²) in [4.78, 5) is 13.1. The van der Waals surface area contributed by atoms with E-state index in [4.69, 9.17) is 0 Å². The second-order valence-electron chi connectivity index (χ2n) is 4.50. The van der Waals surface area contributed by atoms with Crippen LogP contribution in [0, 0.1) is 0 Å². The number of esters is 1. The molecule has 1 N–H and O–H groups in total. The van der Waals surface area contributed by atoms with Crippen molar-refractivity contribution in [2.75, 3.05) is 39.8 Å². The molecule has 1 heterocycles. The van der Waals surface area contributed by atoms with E-state index in [0.29, 0.717) is 6.42 Å². The summed E-state index contributed by atoms with van der Waals surface area (Å²) in [6.07, 6.45) is 0.510. The summed E-state index contributed by atoms with van der Waals surface area (Å²) < 4.78 is 4.56. The third-order valence-corrected chi connectivity index (χ3v) is 3.29. The van der Waals surface area contributed by atoms with Crippen LogP contribution in [0.5, 0.6) is 0 Å². The monoisotopic (exact) mass is 248 g/mol. The number of hydrogen-bond acceptors (Lipinski definition) is 4. The summed E-state index contributed by atoms with van der Waals surface area (Å²) in [5, 5.41) is 3.26. The highest BCUT2D eigenvalue weighted by Crippen LogP contribution is 2.29. The highest BCUT2D eigenvalue weighted by molar-refractivity contribution is 5.75. The Hall–Kier alpha value is -1.39. The Kier molecular flexibility index (Phi) is 4.73. The van der Waals surface area contributed by atoms with E-state index >= 15 is 0 Å². The number of benzene rings is 1. The Balaban J connectivity index is 0.000000164. The number of piperazine rings is 1. The molecule has 0 saturated carbocycles. The lowest BCUT2D eigenvalue weighted by atomic mass is 9.95. The van der Waals surface area contributed by atoms with E-state index in [-0.39, 0.29) is 5.97 Å². The number of rotatable bonds is 3. The summed E-state index contributed by atoms with van der Waals surface area (Å²) in [5.74, 6) is -0.117. The highest BCUT2D eigenvalue weighted by atomic mass is 16.5. The predicted molar refractivity (Wildman–Crippen MR) is 71.4 cm³/mol. The van der Waals surface area contributed by atoms with Gasteiger partial charge in [-0.15, -0.1) is 0 Å². The van der Waals surface area contributed by atoms with Gasteiger partial charge in [0.2, 0.25) is 0 Å². The van der Waals surface area contributed by atoms with Gasteiger partial charge in [0.05, 0.1) is 13.5 Å². The molecule has 3 rings (SSSR count). The van der Waals surface area contributed by atoms with E-state index in [1.165, 1.54) is 18.2 Å². The number of methoxy groups -OCH3 is 1. The maximum atomic E-state index is 10.8. The van der Waals surface area contributed by atoms with Crippen LogP contribution in [0.15, 0.2) is 24.3 Å². The molecule has 2 aliphatic carbocycles. The zero-order chi connectivity index (χ0) is 12.8. The number of nitrogens with zero attached hydrogens (tertiary/aromatic N) is 1. The average Bonchev–Trinajstić information content (AvgIpc) is 2.42. The largest absolute Gasteiger partial charge is 0.469 e. The van der Waals surface area contributed by atoms with E-state index in [0.717, 1.165) is 32.7 Å². The van der Waals surface area contributed by atoms with Crippen molar-refractivity contribution in [1.82, 2.24) is 10.2 Å². The van der Waals surface area contributed by atoms with Crippen molar-refractivity contribution >= 4 is 5.97 Å². The minimum atomic E-state index is -0.117. The first-order chi connectivity index (χ1) is 8.79. The van der Waals surface area contributed by atoms with Crippen LogP contribution in [0.25, 0.3) is 11.1 Å². The second kappa shape index (κ2) is 6.52. The molecule has 0 aromatic carbocycles. The SMILES string of the molecule is COC(=O)CCN1CCNCC1.c1cc2ccc1-2. The third kappa shape index (κ3) is 3.55. The van der Waals surface area contributed by atoms with Crippen LogP contribution in [-0.2, 0) is 9.53 Å². The lowest BCUT2D eigenvalue weighted by molar-refractivity contribution is -0.141. The normalized spacial score (nSPS) is 16.5. The number of nitrogens with one attached hydrogen (secondary N) is 1. The van der Waals surface area contributed by atoms with Crippen molar-refractivity contribution < 1.29 is 9.53 Å².